The average Bonchev–Trinajstić information content (AvgIpc) is 3.39. The first-order valence-corrected chi connectivity index (χ1v) is 9.30. The van der Waals surface area contributed by atoms with Gasteiger partial charge in [-0.2, -0.15) is 5.10 Å². The molecule has 0 fully saturated rings. The van der Waals surface area contributed by atoms with Gasteiger partial charge in [0, 0.05) is 16.5 Å². The third-order valence-electron chi connectivity index (χ3n) is 3.95. The molecule has 0 amide bonds. The Morgan fingerprint density at radius 3 is 2.71 bits per heavy atom. The number of aromatic carboxylic acids is 1. The fraction of sp³-hybridized carbons (Fsp3) is 0. The summed E-state index contributed by atoms with van der Waals surface area (Å²) in [5.74, 6) is 0.144. The molecule has 138 valence electrons. The van der Waals surface area contributed by atoms with Gasteiger partial charge in [0.1, 0.15) is 11.5 Å². The lowest BCUT2D eigenvalue weighted by Gasteiger charge is -1.99. The van der Waals surface area contributed by atoms with Crippen molar-refractivity contribution in [1.82, 2.24) is 4.98 Å². The predicted molar refractivity (Wildman–Crippen MR) is 110 cm³/mol. The van der Waals surface area contributed by atoms with Crippen LogP contribution in [0.3, 0.4) is 0 Å². The normalized spacial score (nSPS) is 11.0. The number of hydrogen-bond acceptors (Lipinski definition) is 6. The second-order valence-corrected chi connectivity index (χ2v) is 6.72. The minimum Gasteiger partial charge on any atom is -0.478 e. The number of aromatic nitrogens is 1. The summed E-state index contributed by atoms with van der Waals surface area (Å²) >= 11 is 1.46. The van der Waals surface area contributed by atoms with Crippen LogP contribution in [-0.4, -0.2) is 22.3 Å². The summed E-state index contributed by atoms with van der Waals surface area (Å²) < 4.78 is 5.72. The highest BCUT2D eigenvalue weighted by atomic mass is 32.1. The summed E-state index contributed by atoms with van der Waals surface area (Å²) in [6.07, 6.45) is 1.55. The highest BCUT2D eigenvalue weighted by Gasteiger charge is 2.08. The number of carboxylic acids is 1. The molecule has 2 aromatic carbocycles. The predicted octanol–water partition coefficient (Wildman–Crippen LogP) is 5.21. The lowest BCUT2D eigenvalue weighted by atomic mass is 10.1. The largest absolute Gasteiger partial charge is 0.478 e. The molecule has 2 heterocycles. The molecule has 0 spiro atoms. The van der Waals surface area contributed by atoms with E-state index in [9.17, 15) is 4.79 Å². The Morgan fingerprint density at radius 1 is 1.07 bits per heavy atom. The first-order valence-electron chi connectivity index (χ1n) is 8.42. The van der Waals surface area contributed by atoms with Gasteiger partial charge >= 0.3 is 5.97 Å². The van der Waals surface area contributed by atoms with Gasteiger partial charge in [0.2, 0.25) is 5.13 Å². The van der Waals surface area contributed by atoms with Crippen molar-refractivity contribution in [2.75, 3.05) is 5.43 Å². The number of hydrogen-bond donors (Lipinski definition) is 2. The maximum absolute atomic E-state index is 11.1. The second kappa shape index (κ2) is 7.89. The molecule has 0 aliphatic carbocycles. The van der Waals surface area contributed by atoms with Crippen molar-refractivity contribution >= 4 is 28.7 Å². The Bertz CT molecular complexity index is 1130. The quantitative estimate of drug-likeness (QED) is 0.349. The van der Waals surface area contributed by atoms with Gasteiger partial charge in [0.15, 0.2) is 0 Å². The Hall–Kier alpha value is -3.71. The van der Waals surface area contributed by atoms with Gasteiger partial charge in [-0.05, 0) is 24.3 Å². The molecule has 0 aliphatic rings. The lowest BCUT2D eigenvalue weighted by molar-refractivity contribution is 0.0697. The fourth-order valence-corrected chi connectivity index (χ4v) is 3.27. The molecule has 0 atom stereocenters. The van der Waals surface area contributed by atoms with Crippen molar-refractivity contribution in [2.45, 2.75) is 0 Å². The number of anilines is 1. The summed E-state index contributed by atoms with van der Waals surface area (Å²) in [7, 11) is 0. The first-order chi connectivity index (χ1) is 13.7. The number of benzene rings is 2. The number of hydrazone groups is 1. The Kier molecular flexibility index (Phi) is 4.99. The molecule has 0 bridgehead atoms. The third kappa shape index (κ3) is 3.99. The number of nitrogens with zero attached hydrogens (tertiary/aromatic N) is 2. The van der Waals surface area contributed by atoms with Crippen molar-refractivity contribution < 1.29 is 14.3 Å². The number of thiazole rings is 1. The van der Waals surface area contributed by atoms with E-state index in [1.165, 1.54) is 11.3 Å². The van der Waals surface area contributed by atoms with E-state index in [4.69, 9.17) is 9.52 Å². The Balaban J connectivity index is 1.43. The topological polar surface area (TPSA) is 87.7 Å². The van der Waals surface area contributed by atoms with Crippen molar-refractivity contribution in [3.05, 3.63) is 83.4 Å². The molecule has 0 saturated heterocycles. The summed E-state index contributed by atoms with van der Waals surface area (Å²) in [4.78, 5) is 15.6. The van der Waals surface area contributed by atoms with E-state index in [0.29, 0.717) is 22.2 Å². The number of carbonyl (C=O) groups is 1. The number of nitrogens with one attached hydrogen (secondary N) is 1. The maximum Gasteiger partial charge on any atom is 0.335 e. The van der Waals surface area contributed by atoms with Crippen molar-refractivity contribution in [3.63, 3.8) is 0 Å². The zero-order valence-electron chi connectivity index (χ0n) is 14.6. The minimum atomic E-state index is -0.974. The Morgan fingerprint density at radius 2 is 1.89 bits per heavy atom. The van der Waals surface area contributed by atoms with Crippen LogP contribution in [0.2, 0.25) is 0 Å². The summed E-state index contributed by atoms with van der Waals surface area (Å²) in [5.41, 5.74) is 5.74. The fourth-order valence-electron chi connectivity index (χ4n) is 2.60. The molecule has 2 N–H and O–H groups in total. The molecule has 4 rings (SSSR count). The Labute approximate surface area is 164 Å². The van der Waals surface area contributed by atoms with Crippen LogP contribution in [0, 0.1) is 0 Å². The van der Waals surface area contributed by atoms with Gasteiger partial charge in [-0.25, -0.2) is 9.78 Å². The molecular formula is C21H15N3O3S. The molecule has 6 nitrogen and oxygen atoms in total. The minimum absolute atomic E-state index is 0.212. The van der Waals surface area contributed by atoms with Crippen LogP contribution in [0.25, 0.3) is 22.6 Å². The van der Waals surface area contributed by atoms with E-state index in [-0.39, 0.29) is 5.56 Å². The molecule has 0 unspecified atom stereocenters. The third-order valence-corrected chi connectivity index (χ3v) is 4.69. The van der Waals surface area contributed by atoms with Gasteiger partial charge in [-0.3, -0.25) is 5.43 Å². The zero-order chi connectivity index (χ0) is 19.3. The molecule has 2 aromatic heterocycles. The lowest BCUT2D eigenvalue weighted by Crippen LogP contribution is -1.95. The van der Waals surface area contributed by atoms with E-state index in [2.05, 4.69) is 15.5 Å². The zero-order valence-corrected chi connectivity index (χ0v) is 15.4. The molecular weight excluding hydrogens is 374 g/mol. The van der Waals surface area contributed by atoms with Crippen LogP contribution in [0.4, 0.5) is 5.13 Å². The van der Waals surface area contributed by atoms with Crippen molar-refractivity contribution in [3.8, 4) is 22.6 Å². The first kappa shape index (κ1) is 17.7. The highest BCUT2D eigenvalue weighted by Crippen LogP contribution is 2.25. The van der Waals surface area contributed by atoms with E-state index >= 15 is 0 Å². The molecule has 0 aliphatic heterocycles. The van der Waals surface area contributed by atoms with Crippen LogP contribution in [0.5, 0.6) is 0 Å². The monoisotopic (exact) mass is 389 g/mol. The van der Waals surface area contributed by atoms with E-state index in [1.54, 1.807) is 42.6 Å². The molecule has 7 heteroatoms. The van der Waals surface area contributed by atoms with E-state index in [0.717, 1.165) is 11.3 Å². The maximum atomic E-state index is 11.1. The molecule has 4 aromatic rings. The summed E-state index contributed by atoms with van der Waals surface area (Å²) in [6, 6.07) is 20.1. The van der Waals surface area contributed by atoms with Crippen LogP contribution in [0.1, 0.15) is 16.1 Å². The van der Waals surface area contributed by atoms with E-state index < -0.39 is 5.97 Å². The van der Waals surface area contributed by atoms with Crippen molar-refractivity contribution in [1.29, 1.82) is 0 Å². The van der Waals surface area contributed by atoms with Crippen LogP contribution in [0.15, 0.2) is 81.6 Å². The van der Waals surface area contributed by atoms with Gasteiger partial charge in [0.05, 0.1) is 17.5 Å². The van der Waals surface area contributed by atoms with Crippen LogP contribution >= 0.6 is 11.3 Å². The van der Waals surface area contributed by atoms with Crippen LogP contribution < -0.4 is 5.43 Å². The number of rotatable bonds is 6. The van der Waals surface area contributed by atoms with E-state index in [1.807, 2.05) is 35.7 Å². The summed E-state index contributed by atoms with van der Waals surface area (Å²) in [6.45, 7) is 0. The summed E-state index contributed by atoms with van der Waals surface area (Å²) in [5, 5.41) is 15.9. The van der Waals surface area contributed by atoms with Gasteiger partial charge < -0.3 is 9.52 Å². The van der Waals surface area contributed by atoms with Crippen LogP contribution in [-0.2, 0) is 0 Å². The van der Waals surface area contributed by atoms with Gasteiger partial charge in [0.25, 0.3) is 0 Å². The van der Waals surface area contributed by atoms with Gasteiger partial charge in [-0.15, -0.1) is 11.3 Å². The smallest absolute Gasteiger partial charge is 0.335 e. The SMILES string of the molecule is O=C(O)c1cccc(-c2ccc(/C=N/Nc3nc(-c4ccccc4)cs3)o2)c1. The average molecular weight is 389 g/mol. The van der Waals surface area contributed by atoms with Crippen molar-refractivity contribution in [2.24, 2.45) is 5.10 Å². The molecule has 0 radical (unpaired) electrons. The standard InChI is InChI=1S/C21H15N3O3S/c25-20(26)16-8-4-7-15(11-16)19-10-9-17(27-19)12-22-24-21-23-18(13-28-21)14-5-2-1-3-6-14/h1-13H,(H,23,24)(H,25,26)/b22-12+. The number of carboxylic acid groups (broad SMARTS) is 1. The highest BCUT2D eigenvalue weighted by molar-refractivity contribution is 7.14. The number of furan rings is 1. The van der Waals surface area contributed by atoms with Gasteiger partial charge in [-0.1, -0.05) is 42.5 Å². The molecule has 28 heavy (non-hydrogen) atoms. The second-order valence-electron chi connectivity index (χ2n) is 5.86. The molecule has 0 saturated carbocycles.